The Bertz CT molecular complexity index is 632. The van der Waals surface area contributed by atoms with E-state index in [0.29, 0.717) is 17.9 Å². The maximum absolute atomic E-state index is 12.4. The average Bonchev–Trinajstić information content (AvgIpc) is 2.86. The van der Waals surface area contributed by atoms with E-state index in [-0.39, 0.29) is 31.4 Å². The van der Waals surface area contributed by atoms with Crippen LogP contribution in [-0.4, -0.2) is 52.3 Å². The van der Waals surface area contributed by atoms with Gasteiger partial charge >= 0.3 is 16.4 Å². The van der Waals surface area contributed by atoms with Crippen molar-refractivity contribution < 1.29 is 26.5 Å². The number of hydrogen-bond acceptors (Lipinski definition) is 8. The number of amides is 2. The fraction of sp³-hybridized carbons (Fsp3) is 0.700. The van der Waals surface area contributed by atoms with Crippen LogP contribution in [0.15, 0.2) is 4.42 Å². The maximum Gasteiger partial charge on any atom is 0.418 e. The van der Waals surface area contributed by atoms with Crippen molar-refractivity contribution in [2.75, 3.05) is 13.1 Å². The maximum atomic E-state index is 12.4. The van der Waals surface area contributed by atoms with Gasteiger partial charge in [-0.25, -0.2) is 4.79 Å². The van der Waals surface area contributed by atoms with Crippen molar-refractivity contribution in [3.63, 3.8) is 0 Å². The number of nitrogens with zero attached hydrogens (tertiary/aromatic N) is 4. The molecular formula is C10H17N5O6S. The van der Waals surface area contributed by atoms with Crippen molar-refractivity contribution >= 4 is 16.4 Å². The van der Waals surface area contributed by atoms with E-state index in [9.17, 15) is 13.2 Å². The molecule has 1 aromatic rings. The highest BCUT2D eigenvalue weighted by atomic mass is 32.3. The number of rotatable bonds is 5. The number of aromatic nitrogens is 2. The first kappa shape index (κ1) is 16.6. The van der Waals surface area contributed by atoms with Crippen LogP contribution in [0.5, 0.6) is 0 Å². The van der Waals surface area contributed by atoms with Crippen LogP contribution in [0, 0.1) is 0 Å². The van der Waals surface area contributed by atoms with Gasteiger partial charge in [0.1, 0.15) is 6.04 Å². The minimum atomic E-state index is -4.78. The van der Waals surface area contributed by atoms with Crippen LogP contribution in [0.4, 0.5) is 4.79 Å². The molecule has 1 aromatic heterocycles. The van der Waals surface area contributed by atoms with Gasteiger partial charge in [0, 0.05) is 6.54 Å². The second-order valence-corrected chi connectivity index (χ2v) is 5.57. The summed E-state index contributed by atoms with van der Waals surface area (Å²) in [6, 6.07) is -1.23. The van der Waals surface area contributed by atoms with E-state index < -0.39 is 22.5 Å². The molecule has 12 heteroatoms. The predicted octanol–water partition coefficient (Wildman–Crippen LogP) is -0.158. The van der Waals surface area contributed by atoms with Gasteiger partial charge in [-0.15, -0.1) is 14.5 Å². The number of hydrogen-bond donors (Lipinski definition) is 2. The largest absolute Gasteiger partial charge is 0.422 e. The summed E-state index contributed by atoms with van der Waals surface area (Å²) < 4.78 is 40.0. The summed E-state index contributed by atoms with van der Waals surface area (Å²) in [4.78, 5) is 13.7. The Hall–Kier alpha value is -1.76. The van der Waals surface area contributed by atoms with Crippen molar-refractivity contribution in [3.05, 3.63) is 11.8 Å². The summed E-state index contributed by atoms with van der Waals surface area (Å²) in [5.41, 5.74) is 5.41. The normalized spacial score (nSPS) is 20.3. The molecule has 0 spiro atoms. The molecule has 1 aliphatic heterocycles. The van der Waals surface area contributed by atoms with E-state index in [2.05, 4.69) is 14.5 Å². The van der Waals surface area contributed by atoms with E-state index in [4.69, 9.17) is 14.7 Å². The predicted molar refractivity (Wildman–Crippen MR) is 71.3 cm³/mol. The molecule has 0 aliphatic carbocycles. The third kappa shape index (κ3) is 3.71. The van der Waals surface area contributed by atoms with Crippen LogP contribution in [-0.2, 0) is 21.2 Å². The number of carbonyl (C=O) groups is 1. The molecule has 2 amide bonds. The quantitative estimate of drug-likeness (QED) is 0.699. The summed E-state index contributed by atoms with van der Waals surface area (Å²) in [5.74, 6) is 0.471. The van der Waals surface area contributed by atoms with Gasteiger partial charge < -0.3 is 15.1 Å². The summed E-state index contributed by atoms with van der Waals surface area (Å²) in [5, 5.41) is 8.22. The van der Waals surface area contributed by atoms with Crippen LogP contribution in [0.2, 0.25) is 0 Å². The molecule has 1 saturated heterocycles. The molecule has 22 heavy (non-hydrogen) atoms. The molecule has 3 N–H and O–H groups in total. The van der Waals surface area contributed by atoms with E-state index in [1.807, 2.05) is 0 Å². The topological polar surface area (TPSA) is 152 Å². The fourth-order valence-electron chi connectivity index (χ4n) is 2.24. The lowest BCUT2D eigenvalue weighted by atomic mass is 10.1. The molecule has 0 bridgehead atoms. The Morgan fingerprint density at radius 1 is 1.50 bits per heavy atom. The van der Waals surface area contributed by atoms with Gasteiger partial charge in [0.05, 0.1) is 13.1 Å². The molecule has 1 atom stereocenters. The highest BCUT2D eigenvalue weighted by molar-refractivity contribution is 7.80. The number of carbonyl (C=O) groups excluding carboxylic acids is 1. The Kier molecular flexibility index (Phi) is 4.95. The Labute approximate surface area is 126 Å². The van der Waals surface area contributed by atoms with E-state index in [1.54, 1.807) is 6.92 Å². The monoisotopic (exact) mass is 335 g/mol. The van der Waals surface area contributed by atoms with E-state index in [1.165, 1.54) is 4.90 Å². The molecule has 124 valence electrons. The van der Waals surface area contributed by atoms with Gasteiger partial charge in [-0.05, 0) is 19.8 Å². The van der Waals surface area contributed by atoms with Gasteiger partial charge in [0.25, 0.3) is 0 Å². The first-order valence-corrected chi connectivity index (χ1v) is 7.99. The highest BCUT2D eigenvalue weighted by Crippen LogP contribution is 2.29. The molecule has 0 saturated carbocycles. The summed E-state index contributed by atoms with van der Waals surface area (Å²) in [7, 11) is -4.78. The Balaban J connectivity index is 2.25. The van der Waals surface area contributed by atoms with E-state index in [0.717, 1.165) is 0 Å². The van der Waals surface area contributed by atoms with Crippen LogP contribution in [0.25, 0.3) is 0 Å². The minimum Gasteiger partial charge on any atom is -0.422 e. The summed E-state index contributed by atoms with van der Waals surface area (Å²) >= 11 is 0. The van der Waals surface area contributed by atoms with Crippen molar-refractivity contribution in [3.8, 4) is 0 Å². The van der Waals surface area contributed by atoms with Gasteiger partial charge in [0.15, 0.2) is 0 Å². The third-order valence-electron chi connectivity index (χ3n) is 3.14. The van der Waals surface area contributed by atoms with Gasteiger partial charge in [-0.2, -0.15) is 13.5 Å². The van der Waals surface area contributed by atoms with Crippen molar-refractivity contribution in [1.29, 1.82) is 0 Å². The van der Waals surface area contributed by atoms with Gasteiger partial charge in [-0.1, -0.05) is 0 Å². The second kappa shape index (κ2) is 6.56. The SMILES string of the molecule is CCN1C(=O)N(OS(=O)(=O)O)CCC[C@H]1c1nnc(CN)o1. The second-order valence-electron chi connectivity index (χ2n) is 4.57. The van der Waals surface area contributed by atoms with Crippen LogP contribution in [0.1, 0.15) is 37.6 Å². The molecule has 1 aliphatic rings. The van der Waals surface area contributed by atoms with Gasteiger partial charge in [0.2, 0.25) is 11.8 Å². The zero-order chi connectivity index (χ0) is 16.3. The summed E-state index contributed by atoms with van der Waals surface area (Å²) in [6.07, 6.45) is 0.889. The van der Waals surface area contributed by atoms with Crippen molar-refractivity contribution in [1.82, 2.24) is 20.2 Å². The lowest BCUT2D eigenvalue weighted by Gasteiger charge is -2.28. The third-order valence-corrected chi connectivity index (χ3v) is 3.51. The Morgan fingerprint density at radius 3 is 2.77 bits per heavy atom. The van der Waals surface area contributed by atoms with Crippen LogP contribution < -0.4 is 5.73 Å². The zero-order valence-electron chi connectivity index (χ0n) is 11.9. The number of hydroxylamine groups is 2. The molecule has 1 fully saturated rings. The molecule has 2 rings (SSSR count). The number of nitrogens with two attached hydrogens (primary N) is 1. The first-order chi connectivity index (χ1) is 10.4. The number of urea groups is 1. The molecule has 0 unspecified atom stereocenters. The molecule has 2 heterocycles. The van der Waals surface area contributed by atoms with Crippen molar-refractivity contribution in [2.24, 2.45) is 5.73 Å². The standard InChI is InChI=1S/C10H17N5O6S/c1-2-14-7(9-13-12-8(6-11)20-9)4-3-5-15(10(14)16)21-22(17,18)19/h7H,2-6,11H2,1H3,(H,17,18,19)/t7-/m0/s1. The molecule has 11 nitrogen and oxygen atoms in total. The van der Waals surface area contributed by atoms with E-state index >= 15 is 0 Å². The Morgan fingerprint density at radius 2 is 2.23 bits per heavy atom. The minimum absolute atomic E-state index is 0.00348. The fourth-order valence-corrected chi connectivity index (χ4v) is 2.60. The van der Waals surface area contributed by atoms with Crippen LogP contribution >= 0.6 is 0 Å². The molecule has 0 aromatic carbocycles. The van der Waals surface area contributed by atoms with Crippen LogP contribution in [0.3, 0.4) is 0 Å². The van der Waals surface area contributed by atoms with Crippen molar-refractivity contribution in [2.45, 2.75) is 32.4 Å². The lowest BCUT2D eigenvalue weighted by Crippen LogP contribution is -2.43. The summed E-state index contributed by atoms with van der Waals surface area (Å²) in [6.45, 7) is 2.05. The zero-order valence-corrected chi connectivity index (χ0v) is 12.7. The lowest BCUT2D eigenvalue weighted by molar-refractivity contribution is -0.0278. The first-order valence-electron chi connectivity index (χ1n) is 6.63. The highest BCUT2D eigenvalue weighted by Gasteiger charge is 2.36. The molecular weight excluding hydrogens is 318 g/mol. The molecule has 0 radical (unpaired) electrons. The smallest absolute Gasteiger partial charge is 0.418 e. The van der Waals surface area contributed by atoms with Gasteiger partial charge in [-0.3, -0.25) is 4.55 Å². The average molecular weight is 335 g/mol.